The molecule has 3 nitrogen and oxygen atoms in total. The molecule has 1 fully saturated rings. The second-order valence-electron chi connectivity index (χ2n) is 5.50. The van der Waals surface area contributed by atoms with Crippen LogP contribution >= 0.6 is 0 Å². The van der Waals surface area contributed by atoms with E-state index in [2.05, 4.69) is 30.1 Å². The van der Waals surface area contributed by atoms with Crippen molar-refractivity contribution in [2.45, 2.75) is 51.6 Å². The van der Waals surface area contributed by atoms with Crippen molar-refractivity contribution in [1.29, 1.82) is 0 Å². The molecular formula is C15H26N2O. The molecule has 2 unspecified atom stereocenters. The number of hydrogen-bond donors (Lipinski definition) is 1. The van der Waals surface area contributed by atoms with Crippen LogP contribution in [0.15, 0.2) is 22.8 Å². The molecule has 1 N–H and O–H groups in total. The molecule has 1 saturated heterocycles. The van der Waals surface area contributed by atoms with Gasteiger partial charge in [0.15, 0.2) is 0 Å². The van der Waals surface area contributed by atoms with Gasteiger partial charge in [0.2, 0.25) is 0 Å². The second kappa shape index (κ2) is 6.95. The van der Waals surface area contributed by atoms with Gasteiger partial charge in [0.05, 0.1) is 6.26 Å². The molecule has 1 aromatic heterocycles. The van der Waals surface area contributed by atoms with Crippen LogP contribution in [0.4, 0.5) is 0 Å². The minimum absolute atomic E-state index is 0.653. The summed E-state index contributed by atoms with van der Waals surface area (Å²) in [5.74, 6) is 1.11. The van der Waals surface area contributed by atoms with Gasteiger partial charge in [-0.2, -0.15) is 0 Å². The maximum Gasteiger partial charge on any atom is 0.103 e. The molecule has 0 spiro atoms. The van der Waals surface area contributed by atoms with Crippen molar-refractivity contribution in [3.05, 3.63) is 24.2 Å². The van der Waals surface area contributed by atoms with E-state index in [1.165, 1.54) is 32.4 Å². The first kappa shape index (κ1) is 13.6. The van der Waals surface area contributed by atoms with E-state index in [-0.39, 0.29) is 0 Å². The zero-order valence-electron chi connectivity index (χ0n) is 11.7. The zero-order chi connectivity index (χ0) is 12.8. The lowest BCUT2D eigenvalue weighted by Gasteiger charge is -2.32. The molecule has 3 heteroatoms. The molecule has 1 aliphatic heterocycles. The van der Waals surface area contributed by atoms with Gasteiger partial charge in [-0.25, -0.2) is 0 Å². The van der Waals surface area contributed by atoms with Gasteiger partial charge >= 0.3 is 0 Å². The third-order valence-electron chi connectivity index (χ3n) is 3.98. The second-order valence-corrected chi connectivity index (χ2v) is 5.50. The first-order chi connectivity index (χ1) is 8.75. The van der Waals surface area contributed by atoms with Gasteiger partial charge in [-0.15, -0.1) is 0 Å². The molecular weight excluding hydrogens is 224 g/mol. The normalized spacial score (nSPS) is 24.4. The Bertz CT molecular complexity index is 323. The minimum Gasteiger partial charge on any atom is -0.469 e. The highest BCUT2D eigenvalue weighted by Crippen LogP contribution is 2.13. The Balaban J connectivity index is 1.77. The van der Waals surface area contributed by atoms with Crippen LogP contribution in [0.25, 0.3) is 0 Å². The van der Waals surface area contributed by atoms with Crippen LogP contribution in [-0.4, -0.2) is 36.6 Å². The van der Waals surface area contributed by atoms with E-state index in [4.69, 9.17) is 4.42 Å². The van der Waals surface area contributed by atoms with Crippen LogP contribution in [0.1, 0.15) is 38.9 Å². The van der Waals surface area contributed by atoms with E-state index < -0.39 is 0 Å². The van der Waals surface area contributed by atoms with E-state index in [0.29, 0.717) is 12.1 Å². The molecule has 2 heterocycles. The summed E-state index contributed by atoms with van der Waals surface area (Å²) >= 11 is 0. The van der Waals surface area contributed by atoms with Crippen LogP contribution in [0, 0.1) is 0 Å². The monoisotopic (exact) mass is 250 g/mol. The maximum absolute atomic E-state index is 5.40. The fourth-order valence-corrected chi connectivity index (χ4v) is 2.63. The molecule has 102 valence electrons. The van der Waals surface area contributed by atoms with Crippen molar-refractivity contribution in [3.8, 4) is 0 Å². The lowest BCUT2D eigenvalue weighted by molar-refractivity contribution is 0.175. The van der Waals surface area contributed by atoms with E-state index in [1.54, 1.807) is 6.26 Å². The van der Waals surface area contributed by atoms with Crippen molar-refractivity contribution < 1.29 is 4.42 Å². The number of hydrogen-bond acceptors (Lipinski definition) is 3. The topological polar surface area (TPSA) is 28.4 Å². The minimum atomic E-state index is 0.653. The van der Waals surface area contributed by atoms with Crippen molar-refractivity contribution in [2.24, 2.45) is 0 Å². The lowest BCUT2D eigenvalue weighted by atomic mass is 10.1. The molecule has 1 aliphatic rings. The first-order valence-corrected chi connectivity index (χ1v) is 7.25. The Kier molecular flexibility index (Phi) is 5.26. The third kappa shape index (κ3) is 4.14. The Morgan fingerprint density at radius 1 is 1.50 bits per heavy atom. The van der Waals surface area contributed by atoms with Crippen molar-refractivity contribution >= 4 is 0 Å². The van der Waals surface area contributed by atoms with Gasteiger partial charge in [-0.3, -0.25) is 0 Å². The van der Waals surface area contributed by atoms with E-state index in [9.17, 15) is 0 Å². The molecule has 1 aromatic rings. The lowest BCUT2D eigenvalue weighted by Crippen LogP contribution is -2.42. The Labute approximate surface area is 111 Å². The fourth-order valence-electron chi connectivity index (χ4n) is 2.63. The van der Waals surface area contributed by atoms with Crippen LogP contribution in [0.5, 0.6) is 0 Å². The van der Waals surface area contributed by atoms with Gasteiger partial charge in [-0.1, -0.05) is 0 Å². The standard InChI is InChI=1S/C15H26N2O/c1-13-8-11-17(10-4-9-16-13)14(2)6-7-15-5-3-12-18-15/h3,5,12-14,16H,4,6-11H2,1-2H3. The fraction of sp³-hybridized carbons (Fsp3) is 0.733. The number of rotatable bonds is 4. The summed E-state index contributed by atoms with van der Waals surface area (Å²) < 4.78 is 5.40. The van der Waals surface area contributed by atoms with Gasteiger partial charge < -0.3 is 14.6 Å². The number of nitrogens with one attached hydrogen (secondary N) is 1. The smallest absolute Gasteiger partial charge is 0.103 e. The Hall–Kier alpha value is -0.800. The molecule has 0 radical (unpaired) electrons. The zero-order valence-corrected chi connectivity index (χ0v) is 11.7. The average Bonchev–Trinajstić information content (AvgIpc) is 2.84. The Morgan fingerprint density at radius 2 is 2.39 bits per heavy atom. The van der Waals surface area contributed by atoms with Gasteiger partial charge in [0, 0.05) is 18.5 Å². The number of aryl methyl sites for hydroxylation is 1. The van der Waals surface area contributed by atoms with Gasteiger partial charge in [0.25, 0.3) is 0 Å². The highest BCUT2D eigenvalue weighted by Gasteiger charge is 2.17. The number of nitrogens with zero attached hydrogens (tertiary/aromatic N) is 1. The highest BCUT2D eigenvalue weighted by molar-refractivity contribution is 4.98. The largest absolute Gasteiger partial charge is 0.469 e. The number of furan rings is 1. The summed E-state index contributed by atoms with van der Waals surface area (Å²) in [6, 6.07) is 5.36. The molecule has 0 bridgehead atoms. The molecule has 2 rings (SSSR count). The summed E-state index contributed by atoms with van der Waals surface area (Å²) in [5.41, 5.74) is 0. The van der Waals surface area contributed by atoms with Gasteiger partial charge in [0.1, 0.15) is 5.76 Å². The molecule has 2 atom stereocenters. The maximum atomic E-state index is 5.40. The van der Waals surface area contributed by atoms with Crippen LogP contribution in [0.3, 0.4) is 0 Å². The van der Waals surface area contributed by atoms with Gasteiger partial charge in [-0.05, 0) is 64.9 Å². The summed E-state index contributed by atoms with van der Waals surface area (Å²) in [4.78, 5) is 2.64. The molecule has 18 heavy (non-hydrogen) atoms. The predicted molar refractivity (Wildman–Crippen MR) is 74.8 cm³/mol. The Morgan fingerprint density at radius 3 is 3.17 bits per heavy atom. The van der Waals surface area contributed by atoms with E-state index >= 15 is 0 Å². The van der Waals surface area contributed by atoms with Crippen LogP contribution < -0.4 is 5.32 Å². The SMILES string of the molecule is CC1CCN(C(C)CCc2ccco2)CCCN1. The van der Waals surface area contributed by atoms with Crippen molar-refractivity contribution in [3.63, 3.8) is 0 Å². The summed E-state index contributed by atoms with van der Waals surface area (Å²) in [6.45, 7) is 8.23. The van der Waals surface area contributed by atoms with E-state index in [0.717, 1.165) is 18.7 Å². The van der Waals surface area contributed by atoms with E-state index in [1.807, 2.05) is 6.07 Å². The average molecular weight is 250 g/mol. The van der Waals surface area contributed by atoms with Crippen molar-refractivity contribution in [1.82, 2.24) is 10.2 Å². The molecule has 0 saturated carbocycles. The third-order valence-corrected chi connectivity index (χ3v) is 3.98. The quantitative estimate of drug-likeness (QED) is 0.890. The van der Waals surface area contributed by atoms with Crippen molar-refractivity contribution in [2.75, 3.05) is 19.6 Å². The predicted octanol–water partition coefficient (Wildman–Crippen LogP) is 2.67. The molecule has 0 aliphatic carbocycles. The highest BCUT2D eigenvalue weighted by atomic mass is 16.3. The van der Waals surface area contributed by atoms with Crippen LogP contribution in [-0.2, 0) is 6.42 Å². The molecule has 0 amide bonds. The van der Waals surface area contributed by atoms with Crippen LogP contribution in [0.2, 0.25) is 0 Å². The summed E-state index contributed by atoms with van der Waals surface area (Å²) in [6.07, 6.45) is 6.53. The summed E-state index contributed by atoms with van der Waals surface area (Å²) in [7, 11) is 0. The summed E-state index contributed by atoms with van der Waals surface area (Å²) in [5, 5.41) is 3.56. The molecule has 0 aromatic carbocycles. The first-order valence-electron chi connectivity index (χ1n) is 7.25.